The van der Waals surface area contributed by atoms with Crippen LogP contribution >= 0.6 is 0 Å². The zero-order chi connectivity index (χ0) is 27.4. The molecule has 39 heavy (non-hydrogen) atoms. The minimum absolute atomic E-state index is 0.102. The van der Waals surface area contributed by atoms with Crippen molar-refractivity contribution in [2.24, 2.45) is 15.8 Å². The van der Waals surface area contributed by atoms with E-state index < -0.39 is 0 Å². The van der Waals surface area contributed by atoms with Crippen LogP contribution in [-0.2, 0) is 9.53 Å². The molecule has 0 spiro atoms. The van der Waals surface area contributed by atoms with Crippen LogP contribution in [0.2, 0.25) is 0 Å². The number of allylic oxidation sites excluding steroid dienone is 1. The largest absolute Gasteiger partial charge is 0.381 e. The van der Waals surface area contributed by atoms with Crippen molar-refractivity contribution < 1.29 is 18.9 Å². The summed E-state index contributed by atoms with van der Waals surface area (Å²) in [5.41, 5.74) is 2.93. The molecule has 3 aliphatic rings. The molecule has 1 fully saturated rings. The van der Waals surface area contributed by atoms with Gasteiger partial charge in [-0.05, 0) is 49.2 Å². The van der Waals surface area contributed by atoms with Gasteiger partial charge in [0.1, 0.15) is 17.7 Å². The monoisotopic (exact) mass is 523 g/mol. The summed E-state index contributed by atoms with van der Waals surface area (Å²) in [6, 6.07) is 11.8. The zero-order valence-corrected chi connectivity index (χ0v) is 21.3. The van der Waals surface area contributed by atoms with Gasteiger partial charge in [-0.2, -0.15) is 16.1 Å². The number of aromatic nitrogens is 1. The molecule has 2 atom stereocenters. The lowest BCUT2D eigenvalue weighted by atomic mass is 10.1. The number of amidine groups is 1. The molecule has 0 aliphatic carbocycles. The van der Waals surface area contributed by atoms with Crippen LogP contribution in [0, 0.1) is 11.3 Å². The number of likely N-dealkylation sites (tertiary alicyclic amines) is 1. The van der Waals surface area contributed by atoms with Gasteiger partial charge in [-0.15, -0.1) is 4.59 Å². The number of aliphatic imine (C=N–C) groups is 2. The van der Waals surface area contributed by atoms with Gasteiger partial charge in [-0.3, -0.25) is 14.6 Å². The van der Waals surface area contributed by atoms with Crippen LogP contribution in [0.1, 0.15) is 34.3 Å². The molecule has 0 bridgehead atoms. The Labute approximate surface area is 225 Å². The van der Waals surface area contributed by atoms with Crippen LogP contribution in [0.4, 0.5) is 5.82 Å². The molecule has 196 valence electrons. The first-order valence-corrected chi connectivity index (χ1v) is 12.4. The Balaban J connectivity index is 1.41. The molecule has 0 radical (unpaired) electrons. The van der Waals surface area contributed by atoms with Gasteiger partial charge in [0.05, 0.1) is 42.3 Å². The van der Waals surface area contributed by atoms with Crippen LogP contribution in [0.5, 0.6) is 0 Å². The number of quaternary nitrogens is 1. The van der Waals surface area contributed by atoms with Gasteiger partial charge in [-0.1, -0.05) is 6.08 Å². The van der Waals surface area contributed by atoms with Crippen molar-refractivity contribution in [2.75, 3.05) is 25.6 Å². The highest BCUT2D eigenvalue weighted by molar-refractivity contribution is 6.05. The van der Waals surface area contributed by atoms with Gasteiger partial charge >= 0.3 is 0 Å². The third-order valence-electron chi connectivity index (χ3n) is 6.73. The first kappa shape index (κ1) is 25.9. The lowest BCUT2D eigenvalue weighted by Crippen LogP contribution is -2.53. The first-order valence-electron chi connectivity index (χ1n) is 12.4. The summed E-state index contributed by atoms with van der Waals surface area (Å²) in [6.07, 6.45) is 11.4. The van der Waals surface area contributed by atoms with E-state index in [0.29, 0.717) is 47.3 Å². The number of ether oxygens (including phenoxy) is 1. The smallest absolute Gasteiger partial charge is 0.264 e. The van der Waals surface area contributed by atoms with Crippen LogP contribution in [0.15, 0.2) is 88.5 Å². The minimum atomic E-state index is -0.361. The molecule has 5 rings (SSSR count). The van der Waals surface area contributed by atoms with E-state index in [0.717, 1.165) is 18.4 Å². The van der Waals surface area contributed by atoms with Crippen LogP contribution in [0.25, 0.3) is 0 Å². The summed E-state index contributed by atoms with van der Waals surface area (Å²) in [4.78, 5) is 40.8. The molecule has 2 aromatic rings. The standard InChI is InChI=1S/C28H26N8O3/c1-39-15-3-5-25(37)35-13-2-4-22(35)26-23-18-31-12-14-36(23,30)27(34-26)20-6-8-21(9-7-20)28(38)33-24-16-19(17-29)10-11-32-24/h3,5-12,14,16,18,22H,2,4,13,15,30H2,1H3/p+1/b5-3+. The van der Waals surface area contributed by atoms with E-state index in [1.807, 2.05) is 6.07 Å². The number of rotatable bonds is 7. The molecule has 4 heterocycles. The molecule has 3 aliphatic heterocycles. The second-order valence-corrected chi connectivity index (χ2v) is 9.18. The number of benzene rings is 1. The number of nitrogens with zero attached hydrogens (tertiary/aromatic N) is 6. The summed E-state index contributed by atoms with van der Waals surface area (Å²) in [5.74, 6) is 7.26. The fourth-order valence-corrected chi connectivity index (χ4v) is 4.83. The lowest BCUT2D eigenvalue weighted by molar-refractivity contribution is -0.750. The van der Waals surface area contributed by atoms with Crippen molar-refractivity contribution in [3.05, 3.63) is 95.2 Å². The van der Waals surface area contributed by atoms with Crippen molar-refractivity contribution >= 4 is 29.7 Å². The molecule has 2 amide bonds. The third-order valence-corrected chi connectivity index (χ3v) is 6.73. The van der Waals surface area contributed by atoms with E-state index in [1.54, 1.807) is 67.0 Å². The topological polar surface area (TPSA) is 146 Å². The molecule has 1 aromatic carbocycles. The first-order chi connectivity index (χ1) is 18.9. The Morgan fingerprint density at radius 1 is 1.31 bits per heavy atom. The summed E-state index contributed by atoms with van der Waals surface area (Å²) in [5, 5.41) is 11.8. The Morgan fingerprint density at radius 3 is 2.90 bits per heavy atom. The lowest BCUT2D eigenvalue weighted by Gasteiger charge is -2.27. The molecule has 2 unspecified atom stereocenters. The number of carbonyl (C=O) groups excluding carboxylic acids is 2. The van der Waals surface area contributed by atoms with Crippen molar-refractivity contribution in [3.8, 4) is 6.07 Å². The molecule has 0 saturated carbocycles. The van der Waals surface area contributed by atoms with E-state index >= 15 is 0 Å². The number of fused-ring (bicyclic) bond motifs is 1. The van der Waals surface area contributed by atoms with Crippen molar-refractivity contribution in [2.45, 2.75) is 18.9 Å². The van der Waals surface area contributed by atoms with Gasteiger partial charge in [0, 0.05) is 31.5 Å². The number of hydrogen-bond acceptors (Lipinski definition) is 8. The van der Waals surface area contributed by atoms with Crippen LogP contribution in [0.3, 0.4) is 0 Å². The van der Waals surface area contributed by atoms with Gasteiger partial charge in [-0.25, -0.2) is 4.98 Å². The molecule has 3 N–H and O–H groups in total. The second kappa shape index (κ2) is 10.9. The number of nitrogens with one attached hydrogen (secondary N) is 1. The summed E-state index contributed by atoms with van der Waals surface area (Å²) >= 11 is 0. The quantitative estimate of drug-likeness (QED) is 0.324. The van der Waals surface area contributed by atoms with Gasteiger partial charge in [0.2, 0.25) is 11.6 Å². The van der Waals surface area contributed by atoms with Crippen LogP contribution < -0.4 is 11.2 Å². The average molecular weight is 524 g/mol. The number of carbonyl (C=O) groups is 2. The highest BCUT2D eigenvalue weighted by Crippen LogP contribution is 2.37. The summed E-state index contributed by atoms with van der Waals surface area (Å²) in [7, 11) is 1.58. The molecule has 11 nitrogen and oxygen atoms in total. The molecule has 1 aromatic heterocycles. The molecule has 1 saturated heterocycles. The molecule has 11 heteroatoms. The average Bonchev–Trinajstić information content (AvgIpc) is 3.56. The van der Waals surface area contributed by atoms with Gasteiger partial charge in [0.25, 0.3) is 11.7 Å². The maximum Gasteiger partial charge on any atom is 0.264 e. The summed E-state index contributed by atoms with van der Waals surface area (Å²) < 4.78 is 4.83. The maximum atomic E-state index is 12.9. The number of nitriles is 1. The predicted octanol–water partition coefficient (Wildman–Crippen LogP) is 2.62. The fourth-order valence-electron chi connectivity index (χ4n) is 4.83. The Bertz CT molecular complexity index is 1500. The second-order valence-electron chi connectivity index (χ2n) is 9.18. The molecular weight excluding hydrogens is 496 g/mol. The van der Waals surface area contributed by atoms with Crippen molar-refractivity contribution in [1.82, 2.24) is 9.88 Å². The number of nitrogens with two attached hydrogens (primary N) is 1. The number of amides is 2. The highest BCUT2D eigenvalue weighted by Gasteiger charge is 2.48. The number of methoxy groups -OCH3 is 1. The molecular formula is C28H27N8O3+. The zero-order valence-electron chi connectivity index (χ0n) is 21.3. The fraction of sp³-hybridized carbons (Fsp3) is 0.214. The van der Waals surface area contributed by atoms with Gasteiger partial charge in [0.15, 0.2) is 0 Å². The van der Waals surface area contributed by atoms with Crippen LogP contribution in [-0.4, -0.2) is 64.6 Å². The third kappa shape index (κ3) is 5.04. The number of pyridine rings is 1. The number of hydrogen-bond donors (Lipinski definition) is 2. The summed E-state index contributed by atoms with van der Waals surface area (Å²) in [6.45, 7) is 0.980. The highest BCUT2D eigenvalue weighted by atomic mass is 16.5. The SMILES string of the molecule is COC/C=C/C(=O)N1CCCC1C1=C2C=NC=C[N+]2(N)C(c2ccc(C(=O)Nc3cc(C#N)ccn3)cc2)=N1. The number of anilines is 1. The van der Waals surface area contributed by atoms with Crippen molar-refractivity contribution in [1.29, 1.82) is 5.26 Å². The van der Waals surface area contributed by atoms with E-state index in [9.17, 15) is 9.59 Å². The maximum absolute atomic E-state index is 12.9. The van der Waals surface area contributed by atoms with E-state index in [4.69, 9.17) is 20.8 Å². The Hall–Kier alpha value is -4.76. The van der Waals surface area contributed by atoms with Crippen molar-refractivity contribution in [3.63, 3.8) is 0 Å². The van der Waals surface area contributed by atoms with E-state index in [-0.39, 0.29) is 22.4 Å². The Morgan fingerprint density at radius 2 is 2.13 bits per heavy atom. The normalized spacial score (nSPS) is 21.7. The predicted molar refractivity (Wildman–Crippen MR) is 145 cm³/mol. The minimum Gasteiger partial charge on any atom is -0.381 e. The van der Waals surface area contributed by atoms with Gasteiger partial charge < -0.3 is 15.0 Å². The Kier molecular flexibility index (Phi) is 7.25. The van der Waals surface area contributed by atoms with E-state index in [2.05, 4.69) is 15.3 Å². The van der Waals surface area contributed by atoms with E-state index in [1.165, 1.54) is 18.3 Å².